The van der Waals surface area contributed by atoms with Crippen molar-refractivity contribution in [2.75, 3.05) is 6.54 Å². The van der Waals surface area contributed by atoms with Crippen molar-refractivity contribution in [1.29, 1.82) is 0 Å². The fourth-order valence-corrected chi connectivity index (χ4v) is 5.71. The van der Waals surface area contributed by atoms with Crippen LogP contribution in [0.2, 0.25) is 0 Å². The van der Waals surface area contributed by atoms with Gasteiger partial charge in [-0.3, -0.25) is 14.4 Å². The van der Waals surface area contributed by atoms with Gasteiger partial charge in [-0.1, -0.05) is 18.6 Å². The van der Waals surface area contributed by atoms with Gasteiger partial charge in [-0.15, -0.1) is 0 Å². The lowest BCUT2D eigenvalue weighted by atomic mass is 9.78. The molecular weight excluding hydrogens is 477 g/mol. The molecule has 36 heavy (non-hydrogen) atoms. The van der Waals surface area contributed by atoms with E-state index in [1.165, 1.54) is 12.1 Å². The Bertz CT molecular complexity index is 1100. The van der Waals surface area contributed by atoms with Crippen LogP contribution in [0, 0.1) is 5.92 Å². The summed E-state index contributed by atoms with van der Waals surface area (Å²) in [4.78, 5) is 28.1. The second-order valence-corrected chi connectivity index (χ2v) is 9.94. The summed E-state index contributed by atoms with van der Waals surface area (Å²) in [5, 5.41) is 14.2. The molecule has 3 aliphatic heterocycles. The first-order valence-electron chi connectivity index (χ1n) is 12.3. The van der Waals surface area contributed by atoms with Gasteiger partial charge in [0.05, 0.1) is 36.0 Å². The molecule has 2 saturated heterocycles. The molecule has 5 rings (SSSR count). The van der Waals surface area contributed by atoms with E-state index in [2.05, 4.69) is 4.90 Å². The third-order valence-corrected chi connectivity index (χ3v) is 7.57. The SMILES string of the molecule is O=C(O)C1CC2CCCC(C1)N2Cc1cc2n(n1)CCN(C(=O)OCc1ccc(C(F)(F)F)cc1)C2. The van der Waals surface area contributed by atoms with Gasteiger partial charge < -0.3 is 14.7 Å². The minimum atomic E-state index is -4.40. The second-order valence-electron chi connectivity index (χ2n) is 9.94. The molecule has 194 valence electrons. The minimum absolute atomic E-state index is 0.104. The maximum Gasteiger partial charge on any atom is 0.416 e. The Labute approximate surface area is 206 Å². The Hall–Kier alpha value is -3.08. The summed E-state index contributed by atoms with van der Waals surface area (Å²) >= 11 is 0. The number of hydrogen-bond acceptors (Lipinski definition) is 5. The predicted molar refractivity (Wildman–Crippen MR) is 122 cm³/mol. The van der Waals surface area contributed by atoms with E-state index < -0.39 is 23.8 Å². The Balaban J connectivity index is 1.17. The van der Waals surface area contributed by atoms with E-state index >= 15 is 0 Å². The summed E-state index contributed by atoms with van der Waals surface area (Å²) in [6, 6.07) is 7.08. The molecule has 2 fully saturated rings. The van der Waals surface area contributed by atoms with Crippen LogP contribution >= 0.6 is 0 Å². The standard InChI is InChI=1S/C25H29F3N4O4/c26-25(27,28)18-6-4-16(5-7-18)15-36-24(35)30-8-9-32-22(14-30)12-19(29-32)13-31-20-2-1-3-21(31)11-17(10-20)23(33)34/h4-7,12,17,20-21H,1-3,8-11,13-15H2,(H,33,34). The van der Waals surface area contributed by atoms with Crippen molar-refractivity contribution in [3.05, 3.63) is 52.8 Å². The van der Waals surface area contributed by atoms with Crippen LogP contribution in [0.4, 0.5) is 18.0 Å². The molecule has 2 unspecified atom stereocenters. The maximum absolute atomic E-state index is 12.7. The highest BCUT2D eigenvalue weighted by atomic mass is 19.4. The number of carboxylic acids is 1. The number of carbonyl (C=O) groups is 2. The van der Waals surface area contributed by atoms with Gasteiger partial charge in [0.2, 0.25) is 0 Å². The van der Waals surface area contributed by atoms with Crippen molar-refractivity contribution >= 4 is 12.1 Å². The fraction of sp³-hybridized carbons (Fsp3) is 0.560. The second kappa shape index (κ2) is 9.76. The van der Waals surface area contributed by atoms with Crippen LogP contribution < -0.4 is 0 Å². The number of aromatic nitrogens is 2. The predicted octanol–water partition coefficient (Wildman–Crippen LogP) is 4.27. The van der Waals surface area contributed by atoms with Gasteiger partial charge >= 0.3 is 18.2 Å². The molecule has 1 aromatic heterocycles. The Morgan fingerprint density at radius 3 is 2.42 bits per heavy atom. The van der Waals surface area contributed by atoms with Crippen LogP contribution in [0.5, 0.6) is 0 Å². The molecule has 2 aromatic rings. The first kappa shape index (κ1) is 24.6. The van der Waals surface area contributed by atoms with Crippen LogP contribution in [0.15, 0.2) is 30.3 Å². The summed E-state index contributed by atoms with van der Waals surface area (Å²) < 4.78 is 45.4. The van der Waals surface area contributed by atoms with Crippen molar-refractivity contribution in [2.24, 2.45) is 5.92 Å². The number of carbonyl (C=O) groups excluding carboxylic acids is 1. The van der Waals surface area contributed by atoms with Gasteiger partial charge in [-0.05, 0) is 49.4 Å². The van der Waals surface area contributed by atoms with Crippen LogP contribution in [-0.4, -0.2) is 55.4 Å². The minimum Gasteiger partial charge on any atom is -0.481 e. The van der Waals surface area contributed by atoms with E-state index in [-0.39, 0.29) is 24.6 Å². The highest BCUT2D eigenvalue weighted by Crippen LogP contribution is 2.38. The molecule has 0 radical (unpaired) electrons. The summed E-state index contributed by atoms with van der Waals surface area (Å²) in [6.07, 6.45) is -0.427. The zero-order valence-electron chi connectivity index (χ0n) is 19.8. The molecule has 1 aromatic carbocycles. The summed E-state index contributed by atoms with van der Waals surface area (Å²) in [6.45, 7) is 1.85. The van der Waals surface area contributed by atoms with Crippen LogP contribution in [0.1, 0.15) is 54.6 Å². The summed E-state index contributed by atoms with van der Waals surface area (Å²) in [7, 11) is 0. The van der Waals surface area contributed by atoms with E-state index in [0.717, 1.165) is 42.8 Å². The molecular formula is C25H29F3N4O4. The van der Waals surface area contributed by atoms with Crippen LogP contribution in [0.25, 0.3) is 0 Å². The lowest BCUT2D eigenvalue weighted by Crippen LogP contribution is -2.52. The summed E-state index contributed by atoms with van der Waals surface area (Å²) in [5.41, 5.74) is 1.55. The normalized spacial score (nSPS) is 24.3. The molecule has 1 N–H and O–H groups in total. The number of hydrogen-bond donors (Lipinski definition) is 1. The van der Waals surface area contributed by atoms with Crippen molar-refractivity contribution in [1.82, 2.24) is 19.6 Å². The highest BCUT2D eigenvalue weighted by molar-refractivity contribution is 5.70. The van der Waals surface area contributed by atoms with Gasteiger partial charge in [0, 0.05) is 25.2 Å². The molecule has 2 bridgehead atoms. The maximum atomic E-state index is 12.7. The molecule has 0 spiro atoms. The van der Waals surface area contributed by atoms with Crippen LogP contribution in [0.3, 0.4) is 0 Å². The first-order chi connectivity index (χ1) is 17.2. The average molecular weight is 507 g/mol. The molecule has 0 aliphatic carbocycles. The first-order valence-corrected chi connectivity index (χ1v) is 12.3. The van der Waals surface area contributed by atoms with Crippen LogP contribution in [-0.2, 0) is 41.9 Å². The van der Waals surface area contributed by atoms with Gasteiger partial charge in [-0.25, -0.2) is 4.79 Å². The zero-order valence-corrected chi connectivity index (χ0v) is 19.8. The number of halogens is 3. The van der Waals surface area contributed by atoms with Gasteiger partial charge in [0.1, 0.15) is 6.61 Å². The van der Waals surface area contributed by atoms with Crippen molar-refractivity contribution in [2.45, 2.75) is 76.6 Å². The van der Waals surface area contributed by atoms with E-state index in [1.54, 1.807) is 4.90 Å². The number of rotatable bonds is 5. The summed E-state index contributed by atoms with van der Waals surface area (Å²) in [5.74, 6) is -0.969. The average Bonchev–Trinajstić information content (AvgIpc) is 3.23. The third kappa shape index (κ3) is 5.21. The lowest BCUT2D eigenvalue weighted by molar-refractivity contribution is -0.146. The number of carboxylic acid groups (broad SMARTS) is 1. The Kier molecular flexibility index (Phi) is 6.67. The van der Waals surface area contributed by atoms with Crippen molar-refractivity contribution < 1.29 is 32.6 Å². The molecule has 0 saturated carbocycles. The molecule has 11 heteroatoms. The van der Waals surface area contributed by atoms with Gasteiger partial charge in [0.25, 0.3) is 0 Å². The number of nitrogens with zero attached hydrogens (tertiary/aromatic N) is 4. The van der Waals surface area contributed by atoms with Crippen molar-refractivity contribution in [3.63, 3.8) is 0 Å². The Morgan fingerprint density at radius 2 is 1.78 bits per heavy atom. The van der Waals surface area contributed by atoms with E-state index in [1.807, 2.05) is 10.7 Å². The van der Waals surface area contributed by atoms with E-state index in [0.29, 0.717) is 44.6 Å². The molecule has 1 amide bonds. The molecule has 8 nitrogen and oxygen atoms in total. The number of amides is 1. The monoisotopic (exact) mass is 506 g/mol. The fourth-order valence-electron chi connectivity index (χ4n) is 5.71. The number of ether oxygens (including phenoxy) is 1. The van der Waals surface area contributed by atoms with E-state index in [9.17, 15) is 27.9 Å². The number of piperidine rings is 2. The largest absolute Gasteiger partial charge is 0.481 e. The van der Waals surface area contributed by atoms with E-state index in [4.69, 9.17) is 9.84 Å². The lowest BCUT2D eigenvalue weighted by Gasteiger charge is -2.47. The van der Waals surface area contributed by atoms with Crippen molar-refractivity contribution in [3.8, 4) is 0 Å². The Morgan fingerprint density at radius 1 is 1.08 bits per heavy atom. The zero-order chi connectivity index (χ0) is 25.4. The number of alkyl halides is 3. The third-order valence-electron chi connectivity index (χ3n) is 7.57. The number of benzene rings is 1. The molecule has 3 aliphatic rings. The molecule has 2 atom stereocenters. The number of fused-ring (bicyclic) bond motifs is 3. The smallest absolute Gasteiger partial charge is 0.416 e. The van der Waals surface area contributed by atoms with Gasteiger partial charge in [-0.2, -0.15) is 18.3 Å². The van der Waals surface area contributed by atoms with Gasteiger partial charge in [0.15, 0.2) is 0 Å². The quantitative estimate of drug-likeness (QED) is 0.652. The molecule has 4 heterocycles. The highest BCUT2D eigenvalue weighted by Gasteiger charge is 2.41. The number of aliphatic carboxylic acids is 1. The topological polar surface area (TPSA) is 87.9 Å².